The maximum Gasteiger partial charge on any atom is 0.220 e. The molecular formula is C13H19ClN2O. The Balaban J connectivity index is 2.17. The van der Waals surface area contributed by atoms with Crippen molar-refractivity contribution >= 4 is 17.5 Å². The van der Waals surface area contributed by atoms with Crippen molar-refractivity contribution in [2.24, 2.45) is 0 Å². The summed E-state index contributed by atoms with van der Waals surface area (Å²) in [7, 11) is 1.89. The molecule has 1 amide bonds. The normalized spacial score (nSPS) is 10.2. The van der Waals surface area contributed by atoms with Crippen molar-refractivity contribution in [2.75, 3.05) is 20.1 Å². The van der Waals surface area contributed by atoms with Crippen LogP contribution in [0.25, 0.3) is 0 Å². The van der Waals surface area contributed by atoms with Crippen LogP contribution in [0.2, 0.25) is 5.02 Å². The second-order valence-electron chi connectivity index (χ2n) is 3.94. The molecule has 0 bridgehead atoms. The van der Waals surface area contributed by atoms with E-state index < -0.39 is 0 Å². The van der Waals surface area contributed by atoms with Gasteiger partial charge in [-0.25, -0.2) is 0 Å². The number of carbonyl (C=O) groups excluding carboxylic acids is 1. The molecule has 0 saturated carbocycles. The summed E-state index contributed by atoms with van der Waals surface area (Å²) in [4.78, 5) is 11.4. The molecule has 0 aliphatic heterocycles. The average molecular weight is 255 g/mol. The van der Waals surface area contributed by atoms with E-state index in [-0.39, 0.29) is 5.91 Å². The standard InChI is InChI=1S/C13H19ClN2O/c1-15-8-3-6-13(17)16-9-7-11-4-2-5-12(14)10-11/h2,4-5,10,15H,3,6-9H2,1H3,(H,16,17). The summed E-state index contributed by atoms with van der Waals surface area (Å²) in [6, 6.07) is 7.71. The van der Waals surface area contributed by atoms with Crippen molar-refractivity contribution < 1.29 is 4.79 Å². The van der Waals surface area contributed by atoms with Gasteiger partial charge in [0.15, 0.2) is 0 Å². The Bertz CT molecular complexity index is 355. The number of carbonyl (C=O) groups is 1. The first kappa shape index (κ1) is 14.0. The lowest BCUT2D eigenvalue weighted by Crippen LogP contribution is -2.26. The van der Waals surface area contributed by atoms with Gasteiger partial charge in [-0.2, -0.15) is 0 Å². The van der Waals surface area contributed by atoms with Crippen LogP contribution in [0.4, 0.5) is 0 Å². The molecule has 1 aromatic rings. The van der Waals surface area contributed by atoms with Crippen molar-refractivity contribution in [2.45, 2.75) is 19.3 Å². The minimum atomic E-state index is 0.113. The minimum Gasteiger partial charge on any atom is -0.356 e. The number of rotatable bonds is 7. The highest BCUT2D eigenvalue weighted by Gasteiger charge is 2.00. The van der Waals surface area contributed by atoms with Crippen molar-refractivity contribution in [3.63, 3.8) is 0 Å². The van der Waals surface area contributed by atoms with E-state index in [4.69, 9.17) is 11.6 Å². The highest BCUT2D eigenvalue weighted by Crippen LogP contribution is 2.10. The SMILES string of the molecule is CNCCCC(=O)NCCc1cccc(Cl)c1. The highest BCUT2D eigenvalue weighted by atomic mass is 35.5. The molecule has 0 radical (unpaired) electrons. The van der Waals surface area contributed by atoms with Crippen LogP contribution in [-0.4, -0.2) is 26.0 Å². The molecule has 3 nitrogen and oxygen atoms in total. The van der Waals surface area contributed by atoms with Crippen LogP contribution in [0.5, 0.6) is 0 Å². The van der Waals surface area contributed by atoms with E-state index >= 15 is 0 Å². The fraction of sp³-hybridized carbons (Fsp3) is 0.462. The van der Waals surface area contributed by atoms with Crippen molar-refractivity contribution in [3.05, 3.63) is 34.9 Å². The number of hydrogen-bond acceptors (Lipinski definition) is 2. The summed E-state index contributed by atoms with van der Waals surface area (Å²) >= 11 is 5.88. The molecule has 2 N–H and O–H groups in total. The fourth-order valence-electron chi connectivity index (χ4n) is 1.55. The van der Waals surface area contributed by atoms with E-state index in [0.29, 0.717) is 13.0 Å². The van der Waals surface area contributed by atoms with E-state index in [9.17, 15) is 4.79 Å². The van der Waals surface area contributed by atoms with E-state index in [1.807, 2.05) is 31.3 Å². The van der Waals surface area contributed by atoms with Gasteiger partial charge in [0.05, 0.1) is 0 Å². The lowest BCUT2D eigenvalue weighted by molar-refractivity contribution is -0.121. The maximum absolute atomic E-state index is 11.4. The number of amides is 1. The first-order chi connectivity index (χ1) is 8.22. The molecule has 0 atom stereocenters. The van der Waals surface area contributed by atoms with Crippen LogP contribution in [-0.2, 0) is 11.2 Å². The van der Waals surface area contributed by atoms with Gasteiger partial charge in [0.2, 0.25) is 5.91 Å². The molecule has 0 heterocycles. The lowest BCUT2D eigenvalue weighted by Gasteiger charge is -2.05. The Kier molecular flexibility index (Phi) is 6.67. The van der Waals surface area contributed by atoms with Gasteiger partial charge < -0.3 is 10.6 Å². The second kappa shape index (κ2) is 8.09. The maximum atomic E-state index is 11.4. The fourth-order valence-corrected chi connectivity index (χ4v) is 1.77. The van der Waals surface area contributed by atoms with Crippen molar-refractivity contribution in [1.82, 2.24) is 10.6 Å². The molecular weight excluding hydrogens is 236 g/mol. The topological polar surface area (TPSA) is 41.1 Å². The predicted molar refractivity (Wildman–Crippen MR) is 71.3 cm³/mol. The third-order valence-electron chi connectivity index (χ3n) is 2.46. The molecule has 1 rings (SSSR count). The Morgan fingerprint density at radius 2 is 2.18 bits per heavy atom. The van der Waals surface area contributed by atoms with E-state index in [1.54, 1.807) is 0 Å². The molecule has 1 aromatic carbocycles. The van der Waals surface area contributed by atoms with Gasteiger partial charge >= 0.3 is 0 Å². The first-order valence-electron chi connectivity index (χ1n) is 5.88. The molecule has 94 valence electrons. The van der Waals surface area contributed by atoms with E-state index in [0.717, 1.165) is 30.0 Å². The molecule has 0 aliphatic rings. The van der Waals surface area contributed by atoms with Crippen LogP contribution in [0.15, 0.2) is 24.3 Å². The van der Waals surface area contributed by atoms with Gasteiger partial charge in [0, 0.05) is 18.0 Å². The van der Waals surface area contributed by atoms with E-state index in [2.05, 4.69) is 10.6 Å². The largest absolute Gasteiger partial charge is 0.356 e. The number of hydrogen-bond donors (Lipinski definition) is 2. The quantitative estimate of drug-likeness (QED) is 0.731. The summed E-state index contributed by atoms with van der Waals surface area (Å²) in [5.41, 5.74) is 1.15. The Morgan fingerprint density at radius 3 is 2.88 bits per heavy atom. The van der Waals surface area contributed by atoms with Crippen molar-refractivity contribution in [3.8, 4) is 0 Å². The third kappa shape index (κ3) is 6.29. The number of halogens is 1. The van der Waals surface area contributed by atoms with Crippen molar-refractivity contribution in [1.29, 1.82) is 0 Å². The van der Waals surface area contributed by atoms with Gasteiger partial charge in [0.1, 0.15) is 0 Å². The van der Waals surface area contributed by atoms with E-state index in [1.165, 1.54) is 0 Å². The van der Waals surface area contributed by atoms with Gasteiger partial charge in [-0.05, 0) is 44.1 Å². The molecule has 0 saturated heterocycles. The van der Waals surface area contributed by atoms with Crippen LogP contribution in [0.3, 0.4) is 0 Å². The Labute approximate surface area is 108 Å². The molecule has 17 heavy (non-hydrogen) atoms. The van der Waals surface area contributed by atoms with Crippen LogP contribution in [0, 0.1) is 0 Å². The molecule has 0 aromatic heterocycles. The summed E-state index contributed by atoms with van der Waals surface area (Å²) in [6.45, 7) is 1.54. The summed E-state index contributed by atoms with van der Waals surface area (Å²) in [6.07, 6.45) is 2.27. The zero-order chi connectivity index (χ0) is 12.5. The lowest BCUT2D eigenvalue weighted by atomic mass is 10.1. The van der Waals surface area contributed by atoms with Gasteiger partial charge in [0.25, 0.3) is 0 Å². The molecule has 0 unspecified atom stereocenters. The van der Waals surface area contributed by atoms with Gasteiger partial charge in [-0.1, -0.05) is 23.7 Å². The summed E-state index contributed by atoms with van der Waals surface area (Å²) in [5.74, 6) is 0.113. The van der Waals surface area contributed by atoms with Gasteiger partial charge in [-0.15, -0.1) is 0 Å². The van der Waals surface area contributed by atoms with Crippen LogP contribution in [0.1, 0.15) is 18.4 Å². The highest BCUT2D eigenvalue weighted by molar-refractivity contribution is 6.30. The molecule has 4 heteroatoms. The van der Waals surface area contributed by atoms with Crippen LogP contribution < -0.4 is 10.6 Å². The first-order valence-corrected chi connectivity index (χ1v) is 6.26. The molecule has 0 spiro atoms. The minimum absolute atomic E-state index is 0.113. The number of nitrogens with one attached hydrogen (secondary N) is 2. The summed E-state index contributed by atoms with van der Waals surface area (Å²) in [5, 5.41) is 6.66. The predicted octanol–water partition coefficient (Wildman–Crippen LogP) is 2.00. The Morgan fingerprint density at radius 1 is 1.35 bits per heavy atom. The summed E-state index contributed by atoms with van der Waals surface area (Å²) < 4.78 is 0. The molecule has 0 aliphatic carbocycles. The van der Waals surface area contributed by atoms with Gasteiger partial charge in [-0.3, -0.25) is 4.79 Å². The average Bonchev–Trinajstić information content (AvgIpc) is 2.29. The van der Waals surface area contributed by atoms with Crippen LogP contribution >= 0.6 is 11.6 Å². The zero-order valence-corrected chi connectivity index (χ0v) is 10.9. The number of benzene rings is 1. The zero-order valence-electron chi connectivity index (χ0n) is 10.1. The second-order valence-corrected chi connectivity index (χ2v) is 4.37. The molecule has 0 fully saturated rings. The smallest absolute Gasteiger partial charge is 0.220 e. The third-order valence-corrected chi connectivity index (χ3v) is 2.69. The Hall–Kier alpha value is -1.06. The monoisotopic (exact) mass is 254 g/mol.